The van der Waals surface area contributed by atoms with Crippen molar-refractivity contribution in [3.63, 3.8) is 0 Å². The van der Waals surface area contributed by atoms with E-state index >= 15 is 0 Å². The minimum Gasteiger partial charge on any atom is -0.454 e. The molecule has 9 heteroatoms. The van der Waals surface area contributed by atoms with Gasteiger partial charge in [-0.3, -0.25) is 24.2 Å². The number of hydrogen-bond donors (Lipinski definition) is 1. The van der Waals surface area contributed by atoms with Gasteiger partial charge in [-0.1, -0.05) is 43.2 Å². The number of benzene rings is 1. The fourth-order valence-electron chi connectivity index (χ4n) is 5.37. The summed E-state index contributed by atoms with van der Waals surface area (Å²) < 4.78 is 5.14. The first-order valence-electron chi connectivity index (χ1n) is 12.6. The van der Waals surface area contributed by atoms with Crippen LogP contribution in [-0.2, 0) is 25.7 Å². The zero-order valence-electron chi connectivity index (χ0n) is 20.8. The lowest BCUT2D eigenvalue weighted by atomic mass is 9.75. The average Bonchev–Trinajstić information content (AvgIpc) is 3.07. The van der Waals surface area contributed by atoms with Crippen molar-refractivity contribution < 1.29 is 23.9 Å². The second-order valence-corrected chi connectivity index (χ2v) is 10.1. The molecule has 4 rings (SSSR count). The highest BCUT2D eigenvalue weighted by Gasteiger charge is 2.52. The molecule has 0 atom stereocenters. The third kappa shape index (κ3) is 5.83. The van der Waals surface area contributed by atoms with E-state index in [-0.39, 0.29) is 18.4 Å². The Hall–Kier alpha value is -2.94. The van der Waals surface area contributed by atoms with E-state index in [1.165, 1.54) is 11.1 Å². The van der Waals surface area contributed by atoms with Crippen LogP contribution in [0.4, 0.5) is 4.79 Å². The summed E-state index contributed by atoms with van der Waals surface area (Å²) in [6, 6.07) is 7.84. The predicted octanol–water partition coefficient (Wildman–Crippen LogP) is 2.07. The van der Waals surface area contributed by atoms with Gasteiger partial charge in [0.05, 0.1) is 0 Å². The molecule has 2 saturated heterocycles. The number of piperazine rings is 1. The monoisotopic (exact) mass is 484 g/mol. The summed E-state index contributed by atoms with van der Waals surface area (Å²) >= 11 is 0. The molecule has 3 fully saturated rings. The number of nitrogens with zero attached hydrogens (tertiary/aromatic N) is 3. The van der Waals surface area contributed by atoms with Gasteiger partial charge in [0.15, 0.2) is 6.61 Å². The second-order valence-electron chi connectivity index (χ2n) is 10.1. The maximum atomic E-state index is 12.9. The first-order valence-corrected chi connectivity index (χ1v) is 12.6. The zero-order chi connectivity index (χ0) is 25.0. The molecule has 1 saturated carbocycles. The molecule has 0 radical (unpaired) electrons. The van der Waals surface area contributed by atoms with Gasteiger partial charge in [-0.05, 0) is 44.1 Å². The number of ether oxygens (including phenoxy) is 1. The Morgan fingerprint density at radius 3 is 2.49 bits per heavy atom. The van der Waals surface area contributed by atoms with Crippen LogP contribution in [-0.4, -0.2) is 83.4 Å². The Kier molecular flexibility index (Phi) is 7.74. The number of amides is 4. The summed E-state index contributed by atoms with van der Waals surface area (Å²) in [4.78, 5) is 55.2. The predicted molar refractivity (Wildman–Crippen MR) is 129 cm³/mol. The highest BCUT2D eigenvalue weighted by molar-refractivity contribution is 6.08. The lowest BCUT2D eigenvalue weighted by molar-refractivity contribution is -0.154. The number of carbonyl (C=O) groups excluding carboxylic acids is 4. The van der Waals surface area contributed by atoms with Gasteiger partial charge in [0, 0.05) is 32.7 Å². The number of hydrogen-bond acceptors (Lipinski definition) is 6. The lowest BCUT2D eigenvalue weighted by Crippen LogP contribution is -2.50. The molecule has 9 nitrogen and oxygen atoms in total. The number of rotatable bonds is 7. The molecule has 1 aromatic rings. The van der Waals surface area contributed by atoms with Gasteiger partial charge in [-0.2, -0.15) is 0 Å². The zero-order valence-corrected chi connectivity index (χ0v) is 20.8. The molecule has 1 aromatic carbocycles. The topological polar surface area (TPSA) is 99.3 Å². The van der Waals surface area contributed by atoms with Gasteiger partial charge in [0.2, 0.25) is 0 Å². The van der Waals surface area contributed by atoms with Crippen LogP contribution in [0.25, 0.3) is 0 Å². The van der Waals surface area contributed by atoms with E-state index in [1.807, 2.05) is 0 Å². The van der Waals surface area contributed by atoms with E-state index in [9.17, 15) is 19.2 Å². The summed E-state index contributed by atoms with van der Waals surface area (Å²) in [5.74, 6) is -0.802. The van der Waals surface area contributed by atoms with E-state index in [2.05, 4.69) is 48.3 Å². The van der Waals surface area contributed by atoms with Crippen LogP contribution in [0.15, 0.2) is 24.3 Å². The normalized spacial score (nSPS) is 25.1. The highest BCUT2D eigenvalue weighted by atomic mass is 16.5. The Morgan fingerprint density at radius 1 is 1.11 bits per heavy atom. The van der Waals surface area contributed by atoms with Crippen molar-refractivity contribution in [3.05, 3.63) is 35.4 Å². The van der Waals surface area contributed by atoms with Gasteiger partial charge in [-0.25, -0.2) is 4.79 Å². The van der Waals surface area contributed by atoms with Crippen LogP contribution in [0.3, 0.4) is 0 Å². The Bertz CT molecular complexity index is 964. The van der Waals surface area contributed by atoms with Crippen molar-refractivity contribution in [2.45, 2.75) is 58.0 Å². The molecular weight excluding hydrogens is 448 g/mol. The van der Waals surface area contributed by atoms with Crippen molar-refractivity contribution in [2.75, 3.05) is 39.3 Å². The first-order chi connectivity index (χ1) is 16.8. The molecule has 3 aliphatic rings. The van der Waals surface area contributed by atoms with Gasteiger partial charge in [0.25, 0.3) is 11.8 Å². The number of imide groups is 1. The fourth-order valence-corrected chi connectivity index (χ4v) is 5.37. The van der Waals surface area contributed by atoms with Crippen molar-refractivity contribution in [2.24, 2.45) is 5.92 Å². The standard InChI is InChI=1S/C26H36N4O5/c1-3-20-7-9-26(10-8-20)24(33)30(25(34)27-26)17-23(32)35-18-22(31)29-13-11-28(12-14-29)16-21-6-4-5-19(2)15-21/h4-6,15,20H,3,7-14,16-18H2,1-2H3,(H,27,34). The minimum absolute atomic E-state index is 0.264. The SMILES string of the molecule is CCC1CCC2(CC1)NC(=O)N(CC(=O)OCC(=O)N1CCN(Cc3cccc(C)c3)CC1)C2=O. The highest BCUT2D eigenvalue weighted by Crippen LogP contribution is 2.37. The van der Waals surface area contributed by atoms with E-state index in [0.29, 0.717) is 31.8 Å². The van der Waals surface area contributed by atoms with Crippen LogP contribution in [0.1, 0.15) is 50.2 Å². The van der Waals surface area contributed by atoms with E-state index in [1.54, 1.807) is 4.90 Å². The molecular formula is C26H36N4O5. The molecule has 2 aliphatic heterocycles. The number of carbonyl (C=O) groups is 4. The second kappa shape index (κ2) is 10.8. The van der Waals surface area contributed by atoms with Crippen LogP contribution in [0, 0.1) is 12.8 Å². The lowest BCUT2D eigenvalue weighted by Gasteiger charge is -2.34. The number of nitrogens with one attached hydrogen (secondary N) is 1. The maximum absolute atomic E-state index is 12.9. The Morgan fingerprint density at radius 2 is 1.83 bits per heavy atom. The van der Waals surface area contributed by atoms with E-state index < -0.39 is 24.1 Å². The van der Waals surface area contributed by atoms with Crippen molar-refractivity contribution in [3.8, 4) is 0 Å². The molecule has 35 heavy (non-hydrogen) atoms. The van der Waals surface area contributed by atoms with Crippen LogP contribution < -0.4 is 5.32 Å². The average molecular weight is 485 g/mol. The summed E-state index contributed by atoms with van der Waals surface area (Å²) in [5, 5.41) is 2.81. The van der Waals surface area contributed by atoms with Gasteiger partial charge < -0.3 is 15.0 Å². The quantitative estimate of drug-likeness (QED) is 0.470. The Labute approximate surface area is 206 Å². The molecule has 190 valence electrons. The summed E-state index contributed by atoms with van der Waals surface area (Å²) in [6.07, 6.45) is 4.01. The summed E-state index contributed by atoms with van der Waals surface area (Å²) in [7, 11) is 0. The van der Waals surface area contributed by atoms with E-state index in [0.717, 1.165) is 43.8 Å². The molecule has 0 aromatic heterocycles. The summed E-state index contributed by atoms with van der Waals surface area (Å²) in [5.41, 5.74) is 1.58. The van der Waals surface area contributed by atoms with Crippen LogP contribution in [0.5, 0.6) is 0 Å². The molecule has 4 amide bonds. The fraction of sp³-hybridized carbons (Fsp3) is 0.615. The number of urea groups is 1. The van der Waals surface area contributed by atoms with Crippen LogP contribution in [0.2, 0.25) is 0 Å². The van der Waals surface area contributed by atoms with Gasteiger partial charge >= 0.3 is 12.0 Å². The van der Waals surface area contributed by atoms with Crippen molar-refractivity contribution in [1.82, 2.24) is 20.0 Å². The van der Waals surface area contributed by atoms with Crippen molar-refractivity contribution in [1.29, 1.82) is 0 Å². The Balaban J connectivity index is 1.19. The molecule has 1 spiro atoms. The minimum atomic E-state index is -0.892. The maximum Gasteiger partial charge on any atom is 0.326 e. The number of esters is 1. The molecule has 1 aliphatic carbocycles. The third-order valence-electron chi connectivity index (χ3n) is 7.64. The first kappa shape index (κ1) is 25.2. The number of aryl methyl sites for hydroxylation is 1. The molecule has 0 bridgehead atoms. The smallest absolute Gasteiger partial charge is 0.326 e. The molecule has 2 heterocycles. The van der Waals surface area contributed by atoms with Gasteiger partial charge in [-0.15, -0.1) is 0 Å². The van der Waals surface area contributed by atoms with E-state index in [4.69, 9.17) is 4.74 Å². The van der Waals surface area contributed by atoms with Crippen molar-refractivity contribution >= 4 is 23.8 Å². The summed E-state index contributed by atoms with van der Waals surface area (Å²) in [6.45, 7) is 6.81. The van der Waals surface area contributed by atoms with Gasteiger partial charge in [0.1, 0.15) is 12.1 Å². The van der Waals surface area contributed by atoms with Crippen LogP contribution >= 0.6 is 0 Å². The molecule has 1 N–H and O–H groups in total. The largest absolute Gasteiger partial charge is 0.454 e. The third-order valence-corrected chi connectivity index (χ3v) is 7.64. The molecule has 0 unspecified atom stereocenters.